The summed E-state index contributed by atoms with van der Waals surface area (Å²) in [5.41, 5.74) is 1.82. The molecule has 1 saturated carbocycles. The van der Waals surface area contributed by atoms with Crippen molar-refractivity contribution in [2.45, 2.75) is 32.1 Å². The lowest BCUT2D eigenvalue weighted by molar-refractivity contribution is -0.132. The van der Waals surface area contributed by atoms with Gasteiger partial charge in [-0.3, -0.25) is 9.59 Å². The van der Waals surface area contributed by atoms with Crippen LogP contribution in [0.25, 0.3) is 5.69 Å². The Hall–Kier alpha value is -3.35. The van der Waals surface area contributed by atoms with Gasteiger partial charge in [0.2, 0.25) is 11.8 Å². The van der Waals surface area contributed by atoms with Gasteiger partial charge in [-0.15, -0.1) is 0 Å². The van der Waals surface area contributed by atoms with Gasteiger partial charge in [0.1, 0.15) is 5.76 Å². The van der Waals surface area contributed by atoms with Crippen LogP contribution < -0.4 is 5.32 Å². The molecule has 31 heavy (non-hydrogen) atoms. The summed E-state index contributed by atoms with van der Waals surface area (Å²) < 4.78 is 7.09. The predicted octanol–water partition coefficient (Wildman–Crippen LogP) is 3.67. The van der Waals surface area contributed by atoms with Crippen molar-refractivity contribution < 1.29 is 14.0 Å². The van der Waals surface area contributed by atoms with E-state index in [1.807, 2.05) is 53.6 Å². The lowest BCUT2D eigenvalue weighted by atomic mass is 9.90. The Bertz CT molecular complexity index is 1030. The smallest absolute Gasteiger partial charge is 0.228 e. The van der Waals surface area contributed by atoms with Crippen LogP contribution in [0, 0.1) is 11.3 Å². The van der Waals surface area contributed by atoms with Gasteiger partial charge in [0, 0.05) is 49.9 Å². The first-order valence-corrected chi connectivity index (χ1v) is 10.8. The van der Waals surface area contributed by atoms with Crippen LogP contribution in [-0.2, 0) is 16.0 Å². The fourth-order valence-electron chi connectivity index (χ4n) is 4.66. The van der Waals surface area contributed by atoms with Crippen molar-refractivity contribution >= 4 is 17.5 Å². The van der Waals surface area contributed by atoms with E-state index in [1.165, 1.54) is 0 Å². The van der Waals surface area contributed by atoms with Gasteiger partial charge in [0.15, 0.2) is 0 Å². The number of hydrogen-bond donors (Lipinski definition) is 1. The second-order valence-electron chi connectivity index (χ2n) is 8.57. The molecule has 0 radical (unpaired) electrons. The zero-order valence-electron chi connectivity index (χ0n) is 17.4. The van der Waals surface area contributed by atoms with Crippen molar-refractivity contribution in [3.8, 4) is 5.69 Å². The summed E-state index contributed by atoms with van der Waals surface area (Å²) >= 11 is 0. The van der Waals surface area contributed by atoms with Gasteiger partial charge in [0.05, 0.1) is 12.0 Å². The van der Waals surface area contributed by atoms with Crippen LogP contribution in [0.5, 0.6) is 0 Å². The number of piperidine rings is 1. The standard InChI is InChI=1S/C24H26N4O3/c29-22(9-8-20-3-1-16-31-20)27-14-10-24(11-15-27)17-21(24)23(30)26-18-4-6-19(7-5-18)28-13-2-12-25-28/h1-7,12-13,16,21H,8-11,14-15,17H2,(H,26,30). The van der Waals surface area contributed by atoms with Crippen molar-refractivity contribution in [2.24, 2.45) is 11.3 Å². The number of carbonyl (C=O) groups is 2. The van der Waals surface area contributed by atoms with Gasteiger partial charge in [0.25, 0.3) is 0 Å². The molecule has 5 rings (SSSR count). The average molecular weight is 418 g/mol. The van der Waals surface area contributed by atoms with Crippen LogP contribution in [0.15, 0.2) is 65.5 Å². The van der Waals surface area contributed by atoms with Crippen molar-refractivity contribution in [1.82, 2.24) is 14.7 Å². The van der Waals surface area contributed by atoms with E-state index in [9.17, 15) is 9.59 Å². The quantitative estimate of drug-likeness (QED) is 0.662. The molecule has 2 aromatic heterocycles. The number of aryl methyl sites for hydroxylation is 1. The Morgan fingerprint density at radius 3 is 2.61 bits per heavy atom. The molecule has 2 aliphatic rings. The first-order chi connectivity index (χ1) is 15.1. The third-order valence-electron chi connectivity index (χ3n) is 6.69. The van der Waals surface area contributed by atoms with E-state index in [1.54, 1.807) is 17.1 Å². The monoisotopic (exact) mass is 418 g/mol. The van der Waals surface area contributed by atoms with E-state index in [-0.39, 0.29) is 23.1 Å². The number of rotatable bonds is 6. The molecule has 2 amide bonds. The fourth-order valence-corrected chi connectivity index (χ4v) is 4.66. The van der Waals surface area contributed by atoms with Gasteiger partial charge in [-0.1, -0.05) is 0 Å². The molecule has 1 aliphatic heterocycles. The van der Waals surface area contributed by atoms with Crippen molar-refractivity contribution in [3.63, 3.8) is 0 Å². The molecule has 1 aliphatic carbocycles. The molecule has 7 heteroatoms. The largest absolute Gasteiger partial charge is 0.469 e. The van der Waals surface area contributed by atoms with Crippen LogP contribution in [0.1, 0.15) is 31.4 Å². The lowest BCUT2D eigenvalue weighted by Gasteiger charge is -2.33. The van der Waals surface area contributed by atoms with Crippen LogP contribution in [-0.4, -0.2) is 39.6 Å². The van der Waals surface area contributed by atoms with Crippen LogP contribution in [0.4, 0.5) is 5.69 Å². The highest BCUT2D eigenvalue weighted by Crippen LogP contribution is 2.59. The normalized spacial score (nSPS) is 19.4. The maximum Gasteiger partial charge on any atom is 0.228 e. The van der Waals surface area contributed by atoms with E-state index in [0.29, 0.717) is 12.8 Å². The second-order valence-corrected chi connectivity index (χ2v) is 8.57. The number of aromatic nitrogens is 2. The highest BCUT2D eigenvalue weighted by atomic mass is 16.3. The molecule has 1 N–H and O–H groups in total. The van der Waals surface area contributed by atoms with Crippen molar-refractivity contribution in [1.29, 1.82) is 0 Å². The van der Waals surface area contributed by atoms with Gasteiger partial charge in [-0.2, -0.15) is 5.10 Å². The molecule has 3 aromatic rings. The number of nitrogens with one attached hydrogen (secondary N) is 1. The Morgan fingerprint density at radius 1 is 1.13 bits per heavy atom. The summed E-state index contributed by atoms with van der Waals surface area (Å²) in [6, 6.07) is 13.3. The molecule has 3 heterocycles. The maximum absolute atomic E-state index is 12.8. The molecule has 160 valence electrons. The van der Waals surface area contributed by atoms with Gasteiger partial charge < -0.3 is 14.6 Å². The Labute approximate surface area is 181 Å². The van der Waals surface area contributed by atoms with Gasteiger partial charge in [-0.25, -0.2) is 4.68 Å². The Balaban J connectivity index is 1.10. The van der Waals surface area contributed by atoms with Crippen LogP contribution >= 0.6 is 0 Å². The average Bonchev–Trinajstić information content (AvgIpc) is 3.20. The predicted molar refractivity (Wildman–Crippen MR) is 116 cm³/mol. The van der Waals surface area contributed by atoms with E-state index in [0.717, 1.165) is 49.5 Å². The van der Waals surface area contributed by atoms with Gasteiger partial charge in [-0.05, 0) is 67.1 Å². The molecule has 2 fully saturated rings. The number of hydrogen-bond acceptors (Lipinski definition) is 4. The van der Waals surface area contributed by atoms with E-state index in [2.05, 4.69) is 10.4 Å². The first-order valence-electron chi connectivity index (χ1n) is 10.8. The summed E-state index contributed by atoms with van der Waals surface area (Å²) in [6.07, 6.45) is 9.08. The number of likely N-dealkylation sites (tertiary alicyclic amines) is 1. The molecule has 1 atom stereocenters. The highest BCUT2D eigenvalue weighted by Gasteiger charge is 2.58. The second kappa shape index (κ2) is 8.06. The number of furan rings is 1. The molecule has 0 bridgehead atoms. The maximum atomic E-state index is 12.8. The number of benzene rings is 1. The summed E-state index contributed by atoms with van der Waals surface area (Å²) in [4.78, 5) is 27.2. The van der Waals surface area contributed by atoms with Gasteiger partial charge >= 0.3 is 0 Å². The van der Waals surface area contributed by atoms with Crippen molar-refractivity contribution in [3.05, 3.63) is 66.9 Å². The first kappa shape index (κ1) is 19.6. The summed E-state index contributed by atoms with van der Waals surface area (Å²) in [6.45, 7) is 1.47. The molecule has 1 aromatic carbocycles. The third kappa shape index (κ3) is 4.13. The minimum Gasteiger partial charge on any atom is -0.469 e. The minimum absolute atomic E-state index is 0.0404. The van der Waals surface area contributed by atoms with Crippen molar-refractivity contribution in [2.75, 3.05) is 18.4 Å². The zero-order valence-corrected chi connectivity index (χ0v) is 17.4. The molecular weight excluding hydrogens is 392 g/mol. The Kier molecular flexibility index (Phi) is 5.10. The SMILES string of the molecule is O=C(Nc1ccc(-n2cccn2)cc1)C1CC12CCN(C(=O)CCc1ccco1)CC2. The van der Waals surface area contributed by atoms with Crippen LogP contribution in [0.2, 0.25) is 0 Å². The van der Waals surface area contributed by atoms with E-state index < -0.39 is 0 Å². The zero-order chi connectivity index (χ0) is 21.3. The number of carbonyl (C=O) groups excluding carboxylic acids is 2. The summed E-state index contributed by atoms with van der Waals surface area (Å²) in [7, 11) is 0. The number of amides is 2. The molecular formula is C24H26N4O3. The topological polar surface area (TPSA) is 80.4 Å². The summed E-state index contributed by atoms with van der Waals surface area (Å²) in [5, 5.41) is 7.27. The third-order valence-corrected chi connectivity index (χ3v) is 6.69. The molecule has 1 unspecified atom stereocenters. The lowest BCUT2D eigenvalue weighted by Crippen LogP contribution is -2.40. The Morgan fingerprint density at radius 2 is 1.94 bits per heavy atom. The number of nitrogens with zero attached hydrogens (tertiary/aromatic N) is 3. The summed E-state index contributed by atoms with van der Waals surface area (Å²) in [5.74, 6) is 1.15. The fraction of sp³-hybridized carbons (Fsp3) is 0.375. The van der Waals surface area contributed by atoms with E-state index in [4.69, 9.17) is 4.42 Å². The van der Waals surface area contributed by atoms with E-state index >= 15 is 0 Å². The van der Waals surface area contributed by atoms with Crippen LogP contribution in [0.3, 0.4) is 0 Å². The molecule has 1 spiro atoms. The molecule has 7 nitrogen and oxygen atoms in total. The highest BCUT2D eigenvalue weighted by molar-refractivity contribution is 5.95. The molecule has 1 saturated heterocycles. The number of anilines is 1. The minimum atomic E-state index is 0.0404.